The van der Waals surface area contributed by atoms with Crippen molar-refractivity contribution in [1.82, 2.24) is 19.4 Å². The molecule has 0 fully saturated rings. The molecule has 1 unspecified atom stereocenters. The van der Waals surface area contributed by atoms with Crippen LogP contribution in [0.15, 0.2) is 12.3 Å². The number of aromatic nitrogens is 2. The quantitative estimate of drug-likeness (QED) is 0.674. The van der Waals surface area contributed by atoms with Crippen molar-refractivity contribution in [3.63, 3.8) is 0 Å². The van der Waals surface area contributed by atoms with Gasteiger partial charge < -0.3 is 0 Å². The summed E-state index contributed by atoms with van der Waals surface area (Å²) >= 11 is 0. The molecule has 2 rings (SSSR count). The zero-order valence-corrected chi connectivity index (χ0v) is 15.1. The molecule has 1 N–H and O–H groups in total. The van der Waals surface area contributed by atoms with E-state index in [1.165, 1.54) is 0 Å². The molecule has 0 aliphatic carbocycles. The lowest BCUT2D eigenvalue weighted by Gasteiger charge is -2.33. The molecular formula is C13H24N4O4S2. The second-order valence-electron chi connectivity index (χ2n) is 5.64. The van der Waals surface area contributed by atoms with Crippen molar-refractivity contribution in [2.75, 3.05) is 36.9 Å². The van der Waals surface area contributed by atoms with Crippen molar-refractivity contribution < 1.29 is 16.8 Å². The van der Waals surface area contributed by atoms with Gasteiger partial charge in [-0.1, -0.05) is 6.92 Å². The first kappa shape index (κ1) is 18.4. The summed E-state index contributed by atoms with van der Waals surface area (Å²) in [6.07, 6.45) is 1.68. The first-order valence-electron chi connectivity index (χ1n) is 7.69. The Hall–Kier alpha value is -0.970. The van der Waals surface area contributed by atoms with Gasteiger partial charge in [-0.3, -0.25) is 9.58 Å². The van der Waals surface area contributed by atoms with E-state index >= 15 is 0 Å². The van der Waals surface area contributed by atoms with E-state index in [-0.39, 0.29) is 29.8 Å². The van der Waals surface area contributed by atoms with Crippen LogP contribution in [0.1, 0.15) is 25.6 Å². The molecule has 2 heterocycles. The van der Waals surface area contributed by atoms with Crippen LogP contribution in [-0.2, 0) is 26.4 Å². The molecule has 1 aliphatic rings. The Kier molecular flexibility index (Phi) is 5.82. The Labute approximate surface area is 137 Å². The maximum absolute atomic E-state index is 11.7. The number of nitrogens with zero attached hydrogens (tertiary/aromatic N) is 3. The normalized spacial score (nSPS) is 19.7. The van der Waals surface area contributed by atoms with Gasteiger partial charge in [0.25, 0.3) is 0 Å². The lowest BCUT2D eigenvalue weighted by Crippen LogP contribution is -2.44. The molecule has 0 saturated carbocycles. The van der Waals surface area contributed by atoms with Gasteiger partial charge in [-0.05, 0) is 13.0 Å². The van der Waals surface area contributed by atoms with Crippen LogP contribution in [0.5, 0.6) is 0 Å². The molecule has 1 aromatic heterocycles. The number of nitrogens with one attached hydrogen (secondary N) is 1. The van der Waals surface area contributed by atoms with Crippen LogP contribution in [0.25, 0.3) is 0 Å². The molecular weight excluding hydrogens is 340 g/mol. The van der Waals surface area contributed by atoms with Crippen LogP contribution in [0.2, 0.25) is 0 Å². The van der Waals surface area contributed by atoms with Gasteiger partial charge in [-0.25, -0.2) is 21.6 Å². The van der Waals surface area contributed by atoms with Gasteiger partial charge in [0.05, 0.1) is 23.2 Å². The smallest absolute Gasteiger partial charge is 0.211 e. The van der Waals surface area contributed by atoms with E-state index in [1.807, 2.05) is 15.6 Å². The third kappa shape index (κ3) is 5.00. The van der Waals surface area contributed by atoms with Crippen molar-refractivity contribution in [2.45, 2.75) is 26.4 Å². The first-order chi connectivity index (χ1) is 10.8. The molecule has 10 heteroatoms. The van der Waals surface area contributed by atoms with Gasteiger partial charge in [-0.2, -0.15) is 5.10 Å². The highest BCUT2D eigenvalue weighted by molar-refractivity contribution is 7.91. The fourth-order valence-corrected chi connectivity index (χ4v) is 4.00. The first-order valence-corrected chi connectivity index (χ1v) is 11.2. The van der Waals surface area contributed by atoms with Crippen LogP contribution in [-0.4, -0.2) is 68.4 Å². The molecule has 1 atom stereocenters. The third-order valence-corrected chi connectivity index (χ3v) is 7.08. The average Bonchev–Trinajstić information content (AvgIpc) is 2.99. The largest absolute Gasteiger partial charge is 0.294 e. The van der Waals surface area contributed by atoms with Crippen molar-refractivity contribution in [2.24, 2.45) is 0 Å². The minimum atomic E-state index is -3.27. The van der Waals surface area contributed by atoms with E-state index in [0.717, 1.165) is 5.69 Å². The second kappa shape index (κ2) is 7.29. The summed E-state index contributed by atoms with van der Waals surface area (Å²) in [6, 6.07) is 1.74. The molecule has 8 nitrogen and oxygen atoms in total. The van der Waals surface area contributed by atoms with E-state index in [9.17, 15) is 16.8 Å². The predicted octanol–water partition coefficient (Wildman–Crippen LogP) is -0.386. The van der Waals surface area contributed by atoms with Gasteiger partial charge in [0.2, 0.25) is 10.0 Å². The second-order valence-corrected chi connectivity index (χ2v) is 10.2. The standard InChI is InChI=1S/C13H24N4O4S2/c1-3-22(18,19)8-7-16-10-12-5-6-14-17(12)13(11-16)9-15-23(20,21)4-2/h5-6,13,15H,3-4,7-11H2,1-2H3. The van der Waals surface area contributed by atoms with Crippen LogP contribution in [0.4, 0.5) is 0 Å². The SMILES string of the molecule is CCS(=O)(=O)CCN1Cc2ccnn2C(CNS(=O)(=O)CC)C1. The molecule has 132 valence electrons. The molecule has 0 bridgehead atoms. The number of hydrogen-bond acceptors (Lipinski definition) is 6. The summed E-state index contributed by atoms with van der Waals surface area (Å²) < 4.78 is 51.0. The van der Waals surface area contributed by atoms with Crippen molar-refractivity contribution in [3.8, 4) is 0 Å². The topological polar surface area (TPSA) is 101 Å². The monoisotopic (exact) mass is 364 g/mol. The molecule has 23 heavy (non-hydrogen) atoms. The summed E-state index contributed by atoms with van der Waals surface area (Å²) in [4.78, 5) is 2.04. The molecule has 0 spiro atoms. The Balaban J connectivity index is 2.05. The van der Waals surface area contributed by atoms with E-state index in [2.05, 4.69) is 9.82 Å². The number of rotatable bonds is 8. The van der Waals surface area contributed by atoms with Gasteiger partial charge in [-0.15, -0.1) is 0 Å². The molecule has 1 aliphatic heterocycles. The third-order valence-electron chi connectivity index (χ3n) is 4.03. The minimum Gasteiger partial charge on any atom is -0.294 e. The van der Waals surface area contributed by atoms with Crippen LogP contribution < -0.4 is 4.72 Å². The highest BCUT2D eigenvalue weighted by Gasteiger charge is 2.27. The highest BCUT2D eigenvalue weighted by Crippen LogP contribution is 2.19. The number of hydrogen-bond donors (Lipinski definition) is 1. The molecule has 0 aromatic carbocycles. The Morgan fingerprint density at radius 2 is 2.00 bits per heavy atom. The van der Waals surface area contributed by atoms with Crippen molar-refractivity contribution >= 4 is 19.9 Å². The summed E-state index contributed by atoms with van der Waals surface area (Å²) in [5, 5.41) is 4.26. The Morgan fingerprint density at radius 3 is 2.65 bits per heavy atom. The predicted molar refractivity (Wildman–Crippen MR) is 88.3 cm³/mol. The molecule has 0 amide bonds. The Morgan fingerprint density at radius 1 is 1.26 bits per heavy atom. The lowest BCUT2D eigenvalue weighted by atomic mass is 10.2. The maximum atomic E-state index is 11.7. The van der Waals surface area contributed by atoms with Gasteiger partial charge in [0, 0.05) is 38.1 Å². The highest BCUT2D eigenvalue weighted by atomic mass is 32.2. The van der Waals surface area contributed by atoms with Crippen LogP contribution in [0, 0.1) is 0 Å². The van der Waals surface area contributed by atoms with Crippen molar-refractivity contribution in [1.29, 1.82) is 0 Å². The summed E-state index contributed by atoms with van der Waals surface area (Å²) in [7, 11) is -6.28. The number of sulfonamides is 1. The number of fused-ring (bicyclic) bond motifs is 1. The van der Waals surface area contributed by atoms with E-state index in [1.54, 1.807) is 20.0 Å². The minimum absolute atomic E-state index is 0.0319. The lowest BCUT2D eigenvalue weighted by molar-refractivity contribution is 0.184. The van der Waals surface area contributed by atoms with E-state index in [4.69, 9.17) is 0 Å². The summed E-state index contributed by atoms with van der Waals surface area (Å²) in [6.45, 7) is 5.12. The zero-order valence-electron chi connectivity index (χ0n) is 13.5. The van der Waals surface area contributed by atoms with E-state index < -0.39 is 19.9 Å². The zero-order chi connectivity index (χ0) is 17.1. The molecule has 0 saturated heterocycles. The Bertz CT molecular complexity index is 727. The summed E-state index contributed by atoms with van der Waals surface area (Å²) in [5.41, 5.74) is 0.964. The molecule has 0 radical (unpaired) electrons. The summed E-state index contributed by atoms with van der Waals surface area (Å²) in [5.74, 6) is 0.285. The fraction of sp³-hybridized carbons (Fsp3) is 0.769. The fourth-order valence-electron chi connectivity index (χ4n) is 2.52. The maximum Gasteiger partial charge on any atom is 0.211 e. The van der Waals surface area contributed by atoms with Crippen LogP contribution >= 0.6 is 0 Å². The van der Waals surface area contributed by atoms with E-state index in [0.29, 0.717) is 19.6 Å². The van der Waals surface area contributed by atoms with Gasteiger partial charge >= 0.3 is 0 Å². The number of sulfone groups is 1. The van der Waals surface area contributed by atoms with Crippen molar-refractivity contribution in [3.05, 3.63) is 18.0 Å². The average molecular weight is 364 g/mol. The van der Waals surface area contributed by atoms with Gasteiger partial charge in [0.15, 0.2) is 9.84 Å². The van der Waals surface area contributed by atoms with Gasteiger partial charge in [0.1, 0.15) is 0 Å². The molecule has 1 aromatic rings. The van der Waals surface area contributed by atoms with Crippen LogP contribution in [0.3, 0.4) is 0 Å².